The van der Waals surface area contributed by atoms with Crippen LogP contribution in [0.25, 0.3) is 0 Å². The number of nitrogens with zero attached hydrogens (tertiary/aromatic N) is 1. The summed E-state index contributed by atoms with van der Waals surface area (Å²) in [7, 11) is 0. The van der Waals surface area contributed by atoms with E-state index in [0.29, 0.717) is 0 Å². The molecule has 1 aliphatic rings. The van der Waals surface area contributed by atoms with Crippen molar-refractivity contribution in [2.45, 2.75) is 52.0 Å². The molecule has 0 spiro atoms. The minimum Gasteiger partial charge on any atom is -0.300 e. The molecular weight excluding hydrogens is 214 g/mol. The van der Waals surface area contributed by atoms with Gasteiger partial charge in [-0.2, -0.15) is 0 Å². The third-order valence-electron chi connectivity index (χ3n) is 3.54. The molecule has 1 aliphatic carbocycles. The van der Waals surface area contributed by atoms with E-state index in [-0.39, 0.29) is 0 Å². The Hall–Kier alpha value is -0.340. The van der Waals surface area contributed by atoms with Crippen LogP contribution in [0.2, 0.25) is 0 Å². The van der Waals surface area contributed by atoms with E-state index in [0.717, 1.165) is 6.04 Å². The first-order valence-electron chi connectivity index (χ1n) is 6.64. The Kier molecular flexibility index (Phi) is 4.42. The SMILES string of the molecule is CCCN(CCC)C1CCc2sccc2C1. The average Bonchev–Trinajstić information content (AvgIpc) is 2.75. The number of hydrogen-bond acceptors (Lipinski definition) is 2. The lowest BCUT2D eigenvalue weighted by Gasteiger charge is -2.34. The van der Waals surface area contributed by atoms with E-state index in [9.17, 15) is 0 Å². The van der Waals surface area contributed by atoms with E-state index in [1.165, 1.54) is 45.2 Å². The van der Waals surface area contributed by atoms with Crippen molar-refractivity contribution < 1.29 is 0 Å². The average molecular weight is 237 g/mol. The summed E-state index contributed by atoms with van der Waals surface area (Å²) in [6.07, 6.45) is 6.54. The summed E-state index contributed by atoms with van der Waals surface area (Å²) in [4.78, 5) is 4.35. The number of hydrogen-bond donors (Lipinski definition) is 0. The van der Waals surface area contributed by atoms with E-state index in [2.05, 4.69) is 30.2 Å². The molecule has 1 nitrogen and oxygen atoms in total. The second-order valence-electron chi connectivity index (χ2n) is 4.80. The zero-order valence-electron chi connectivity index (χ0n) is 10.5. The smallest absolute Gasteiger partial charge is 0.0139 e. The quantitative estimate of drug-likeness (QED) is 0.754. The fraction of sp³-hybridized carbons (Fsp3) is 0.714. The van der Waals surface area contributed by atoms with E-state index in [1.54, 1.807) is 10.4 Å². The van der Waals surface area contributed by atoms with Gasteiger partial charge in [0.15, 0.2) is 0 Å². The molecule has 0 bridgehead atoms. The van der Waals surface area contributed by atoms with Gasteiger partial charge >= 0.3 is 0 Å². The van der Waals surface area contributed by atoms with Gasteiger partial charge in [0.2, 0.25) is 0 Å². The van der Waals surface area contributed by atoms with Gasteiger partial charge in [-0.25, -0.2) is 0 Å². The first-order valence-corrected chi connectivity index (χ1v) is 7.52. The van der Waals surface area contributed by atoms with Crippen LogP contribution in [-0.4, -0.2) is 24.0 Å². The molecule has 1 heterocycles. The lowest BCUT2D eigenvalue weighted by Crippen LogP contribution is -2.40. The molecule has 1 aromatic heterocycles. The van der Waals surface area contributed by atoms with Gasteiger partial charge in [0, 0.05) is 10.9 Å². The number of aryl methyl sites for hydroxylation is 1. The minimum atomic E-state index is 0.807. The van der Waals surface area contributed by atoms with Gasteiger partial charge in [-0.05, 0) is 62.2 Å². The van der Waals surface area contributed by atoms with E-state index in [4.69, 9.17) is 0 Å². The Bertz CT molecular complexity index is 312. The Morgan fingerprint density at radius 1 is 1.31 bits per heavy atom. The van der Waals surface area contributed by atoms with Crippen LogP contribution in [0, 0.1) is 0 Å². The maximum atomic E-state index is 2.71. The maximum Gasteiger partial charge on any atom is 0.0139 e. The highest BCUT2D eigenvalue weighted by Crippen LogP contribution is 2.28. The van der Waals surface area contributed by atoms with Gasteiger partial charge in [0.1, 0.15) is 0 Å². The fourth-order valence-corrected chi connectivity index (χ4v) is 3.72. The monoisotopic (exact) mass is 237 g/mol. The van der Waals surface area contributed by atoms with Crippen LogP contribution >= 0.6 is 11.3 Å². The highest BCUT2D eigenvalue weighted by atomic mass is 32.1. The van der Waals surface area contributed by atoms with Crippen molar-refractivity contribution in [3.63, 3.8) is 0 Å². The summed E-state index contributed by atoms with van der Waals surface area (Å²) in [6, 6.07) is 3.14. The summed E-state index contributed by atoms with van der Waals surface area (Å²) < 4.78 is 0. The number of fused-ring (bicyclic) bond motifs is 1. The highest BCUT2D eigenvalue weighted by molar-refractivity contribution is 7.10. The van der Waals surface area contributed by atoms with Gasteiger partial charge in [0.05, 0.1) is 0 Å². The van der Waals surface area contributed by atoms with Crippen LogP contribution in [0.1, 0.15) is 43.6 Å². The molecule has 0 fully saturated rings. The van der Waals surface area contributed by atoms with Crippen LogP contribution in [0.15, 0.2) is 11.4 Å². The Balaban J connectivity index is 2.00. The molecule has 0 radical (unpaired) electrons. The zero-order chi connectivity index (χ0) is 11.4. The van der Waals surface area contributed by atoms with Crippen molar-refractivity contribution >= 4 is 11.3 Å². The molecule has 16 heavy (non-hydrogen) atoms. The molecule has 1 unspecified atom stereocenters. The summed E-state index contributed by atoms with van der Waals surface area (Å²) in [5, 5.41) is 2.26. The molecule has 0 aromatic carbocycles. The summed E-state index contributed by atoms with van der Waals surface area (Å²) in [6.45, 7) is 7.14. The summed E-state index contributed by atoms with van der Waals surface area (Å²) >= 11 is 1.95. The molecule has 0 N–H and O–H groups in total. The van der Waals surface area contributed by atoms with Gasteiger partial charge in [-0.1, -0.05) is 13.8 Å². The largest absolute Gasteiger partial charge is 0.300 e. The third-order valence-corrected chi connectivity index (χ3v) is 4.56. The summed E-state index contributed by atoms with van der Waals surface area (Å²) in [5.41, 5.74) is 1.62. The topological polar surface area (TPSA) is 3.24 Å². The zero-order valence-corrected chi connectivity index (χ0v) is 11.4. The molecule has 2 rings (SSSR count). The second-order valence-corrected chi connectivity index (χ2v) is 5.80. The summed E-state index contributed by atoms with van der Waals surface area (Å²) in [5.74, 6) is 0. The number of thiophene rings is 1. The van der Waals surface area contributed by atoms with Gasteiger partial charge in [-0.15, -0.1) is 11.3 Å². The predicted octanol–water partition coefficient (Wildman–Crippen LogP) is 3.73. The molecule has 0 saturated heterocycles. The maximum absolute atomic E-state index is 2.71. The van der Waals surface area contributed by atoms with E-state index >= 15 is 0 Å². The van der Waals surface area contributed by atoms with Crippen LogP contribution in [0.3, 0.4) is 0 Å². The molecule has 0 amide bonds. The van der Waals surface area contributed by atoms with Crippen molar-refractivity contribution in [3.05, 3.63) is 21.9 Å². The molecule has 0 saturated carbocycles. The Morgan fingerprint density at radius 2 is 2.06 bits per heavy atom. The van der Waals surface area contributed by atoms with Crippen molar-refractivity contribution in [2.24, 2.45) is 0 Å². The van der Waals surface area contributed by atoms with Crippen LogP contribution in [-0.2, 0) is 12.8 Å². The molecule has 90 valence electrons. The van der Waals surface area contributed by atoms with Gasteiger partial charge in [0.25, 0.3) is 0 Å². The van der Waals surface area contributed by atoms with Crippen molar-refractivity contribution in [1.29, 1.82) is 0 Å². The first-order chi connectivity index (χ1) is 7.85. The van der Waals surface area contributed by atoms with Crippen LogP contribution in [0.5, 0.6) is 0 Å². The molecule has 2 heteroatoms. The highest BCUT2D eigenvalue weighted by Gasteiger charge is 2.23. The second kappa shape index (κ2) is 5.83. The molecule has 0 aliphatic heterocycles. The van der Waals surface area contributed by atoms with E-state index in [1.807, 2.05) is 11.3 Å². The normalized spacial score (nSPS) is 20.1. The first kappa shape index (κ1) is 12.1. The van der Waals surface area contributed by atoms with Crippen LogP contribution < -0.4 is 0 Å². The molecular formula is C14H23NS. The van der Waals surface area contributed by atoms with Crippen molar-refractivity contribution in [1.82, 2.24) is 4.90 Å². The lowest BCUT2D eigenvalue weighted by atomic mass is 9.93. The predicted molar refractivity (Wildman–Crippen MR) is 72.3 cm³/mol. The van der Waals surface area contributed by atoms with Crippen molar-refractivity contribution in [3.8, 4) is 0 Å². The van der Waals surface area contributed by atoms with Gasteiger partial charge in [-0.3, -0.25) is 0 Å². The standard InChI is InChI=1S/C14H23NS/c1-3-8-15(9-4-2)13-5-6-14-12(11-13)7-10-16-14/h7,10,13H,3-6,8-9,11H2,1-2H3. The molecule has 1 atom stereocenters. The minimum absolute atomic E-state index is 0.807. The Labute approximate surface area is 103 Å². The molecule has 1 aromatic rings. The van der Waals surface area contributed by atoms with E-state index < -0.39 is 0 Å². The van der Waals surface area contributed by atoms with Crippen molar-refractivity contribution in [2.75, 3.05) is 13.1 Å². The lowest BCUT2D eigenvalue weighted by molar-refractivity contribution is 0.180. The fourth-order valence-electron chi connectivity index (χ4n) is 2.78. The number of rotatable bonds is 5. The van der Waals surface area contributed by atoms with Gasteiger partial charge < -0.3 is 4.90 Å². The Morgan fingerprint density at radius 3 is 2.75 bits per heavy atom. The third kappa shape index (κ3) is 2.67. The van der Waals surface area contributed by atoms with Crippen LogP contribution in [0.4, 0.5) is 0 Å².